The molecule has 1 N–H and O–H groups in total. The van der Waals surface area contributed by atoms with Gasteiger partial charge in [0.1, 0.15) is 11.6 Å². The Morgan fingerprint density at radius 2 is 1.90 bits per heavy atom. The standard InChI is InChI=1S/C17H19BrFNO/c1-10-8-11(2)15(14(9-10)21-4)17(20-3)16-12(18)6-5-7-13(16)19/h5-9,17,20H,1-4H3. The van der Waals surface area contributed by atoms with Gasteiger partial charge < -0.3 is 10.1 Å². The fourth-order valence-electron chi connectivity index (χ4n) is 2.70. The normalized spacial score (nSPS) is 12.3. The van der Waals surface area contributed by atoms with Crippen molar-refractivity contribution in [3.63, 3.8) is 0 Å². The van der Waals surface area contributed by atoms with Crippen LogP contribution in [-0.2, 0) is 0 Å². The molecule has 0 radical (unpaired) electrons. The summed E-state index contributed by atoms with van der Waals surface area (Å²) in [6.45, 7) is 4.04. The number of rotatable bonds is 4. The molecule has 4 heteroatoms. The van der Waals surface area contributed by atoms with E-state index in [9.17, 15) is 4.39 Å². The van der Waals surface area contributed by atoms with Crippen LogP contribution in [0.3, 0.4) is 0 Å². The predicted molar refractivity (Wildman–Crippen MR) is 87.5 cm³/mol. The summed E-state index contributed by atoms with van der Waals surface area (Å²) < 4.78 is 20.6. The molecule has 1 atom stereocenters. The topological polar surface area (TPSA) is 21.3 Å². The van der Waals surface area contributed by atoms with Gasteiger partial charge in [-0.05, 0) is 50.2 Å². The van der Waals surface area contributed by atoms with Crippen LogP contribution in [0.4, 0.5) is 4.39 Å². The van der Waals surface area contributed by atoms with Gasteiger partial charge in [-0.3, -0.25) is 0 Å². The Labute approximate surface area is 133 Å². The molecule has 0 aliphatic rings. The van der Waals surface area contributed by atoms with E-state index < -0.39 is 0 Å². The summed E-state index contributed by atoms with van der Waals surface area (Å²) in [5, 5.41) is 3.20. The van der Waals surface area contributed by atoms with Crippen LogP contribution >= 0.6 is 15.9 Å². The second-order valence-corrected chi connectivity index (χ2v) is 5.91. The summed E-state index contributed by atoms with van der Waals surface area (Å²) in [7, 11) is 3.46. The number of halogens is 2. The Balaban J connectivity index is 2.68. The Morgan fingerprint density at radius 3 is 2.48 bits per heavy atom. The summed E-state index contributed by atoms with van der Waals surface area (Å²) in [5.74, 6) is 0.521. The average Bonchev–Trinajstić information content (AvgIpc) is 2.43. The Kier molecular flexibility index (Phi) is 5.01. The molecule has 0 amide bonds. The smallest absolute Gasteiger partial charge is 0.129 e. The first-order chi connectivity index (χ1) is 9.99. The van der Waals surface area contributed by atoms with E-state index in [-0.39, 0.29) is 11.9 Å². The van der Waals surface area contributed by atoms with Gasteiger partial charge in [-0.2, -0.15) is 0 Å². The Hall–Kier alpha value is -1.39. The van der Waals surface area contributed by atoms with Crippen molar-refractivity contribution in [2.24, 2.45) is 0 Å². The summed E-state index contributed by atoms with van der Waals surface area (Å²) in [4.78, 5) is 0. The maximum absolute atomic E-state index is 14.3. The largest absolute Gasteiger partial charge is 0.496 e. The highest BCUT2D eigenvalue weighted by Gasteiger charge is 2.24. The van der Waals surface area contributed by atoms with Crippen LogP contribution in [0.2, 0.25) is 0 Å². The van der Waals surface area contributed by atoms with Crippen LogP contribution in [0.1, 0.15) is 28.3 Å². The number of ether oxygens (including phenoxy) is 1. The first-order valence-corrected chi connectivity index (χ1v) is 7.55. The van der Waals surface area contributed by atoms with Crippen molar-refractivity contribution in [3.8, 4) is 5.75 Å². The highest BCUT2D eigenvalue weighted by Crippen LogP contribution is 2.37. The Bertz CT molecular complexity index is 637. The number of methoxy groups -OCH3 is 1. The van der Waals surface area contributed by atoms with E-state index in [1.54, 1.807) is 13.2 Å². The molecular weight excluding hydrogens is 333 g/mol. The van der Waals surface area contributed by atoms with Gasteiger partial charge in [-0.25, -0.2) is 4.39 Å². The average molecular weight is 352 g/mol. The first kappa shape index (κ1) is 16.0. The molecule has 0 fully saturated rings. The van der Waals surface area contributed by atoms with Crippen LogP contribution in [0.25, 0.3) is 0 Å². The van der Waals surface area contributed by atoms with E-state index in [0.717, 1.165) is 26.9 Å². The van der Waals surface area contributed by atoms with E-state index in [0.29, 0.717) is 5.56 Å². The lowest BCUT2D eigenvalue weighted by molar-refractivity contribution is 0.403. The van der Waals surface area contributed by atoms with Crippen molar-refractivity contribution >= 4 is 15.9 Å². The molecule has 2 aromatic rings. The summed E-state index contributed by atoms with van der Waals surface area (Å²) >= 11 is 3.45. The van der Waals surface area contributed by atoms with Gasteiger partial charge in [0.25, 0.3) is 0 Å². The maximum atomic E-state index is 14.3. The summed E-state index contributed by atoms with van der Waals surface area (Å²) in [5.41, 5.74) is 3.73. The van der Waals surface area contributed by atoms with Crippen LogP contribution in [0.15, 0.2) is 34.8 Å². The minimum absolute atomic E-state index is 0.245. The molecule has 0 saturated carbocycles. The van der Waals surface area contributed by atoms with E-state index in [1.165, 1.54) is 6.07 Å². The molecule has 2 rings (SSSR count). The highest BCUT2D eigenvalue weighted by molar-refractivity contribution is 9.10. The van der Waals surface area contributed by atoms with E-state index in [4.69, 9.17) is 4.74 Å². The van der Waals surface area contributed by atoms with Gasteiger partial charge in [0.2, 0.25) is 0 Å². The third-order valence-electron chi connectivity index (χ3n) is 3.58. The fourth-order valence-corrected chi connectivity index (χ4v) is 3.27. The molecule has 0 spiro atoms. The zero-order chi connectivity index (χ0) is 15.6. The Morgan fingerprint density at radius 1 is 1.19 bits per heavy atom. The number of benzene rings is 2. The van der Waals surface area contributed by atoms with Crippen LogP contribution in [-0.4, -0.2) is 14.2 Å². The van der Waals surface area contributed by atoms with Crippen molar-refractivity contribution in [2.75, 3.05) is 14.2 Å². The number of nitrogens with one attached hydrogen (secondary N) is 1. The number of aryl methyl sites for hydroxylation is 2. The zero-order valence-electron chi connectivity index (χ0n) is 12.6. The van der Waals surface area contributed by atoms with Gasteiger partial charge in [-0.1, -0.05) is 28.1 Å². The molecule has 0 aromatic heterocycles. The molecule has 21 heavy (non-hydrogen) atoms. The lowest BCUT2D eigenvalue weighted by Gasteiger charge is -2.24. The first-order valence-electron chi connectivity index (χ1n) is 6.76. The third-order valence-corrected chi connectivity index (χ3v) is 4.27. The van der Waals surface area contributed by atoms with Crippen molar-refractivity contribution in [1.29, 1.82) is 0 Å². The van der Waals surface area contributed by atoms with E-state index in [2.05, 4.69) is 27.3 Å². The van der Waals surface area contributed by atoms with Crippen LogP contribution in [0, 0.1) is 19.7 Å². The van der Waals surface area contributed by atoms with Gasteiger partial charge >= 0.3 is 0 Å². The molecule has 2 nitrogen and oxygen atoms in total. The van der Waals surface area contributed by atoms with Crippen LogP contribution < -0.4 is 10.1 Å². The maximum Gasteiger partial charge on any atom is 0.129 e. The van der Waals surface area contributed by atoms with Gasteiger partial charge in [0.05, 0.1) is 13.2 Å². The second kappa shape index (κ2) is 6.58. The molecule has 0 bridgehead atoms. The molecule has 0 saturated heterocycles. The lowest BCUT2D eigenvalue weighted by atomic mass is 9.92. The van der Waals surface area contributed by atoms with Crippen molar-refractivity contribution in [1.82, 2.24) is 5.32 Å². The molecule has 0 aliphatic heterocycles. The molecule has 0 aliphatic carbocycles. The molecular formula is C17H19BrFNO. The van der Waals surface area contributed by atoms with Crippen molar-refractivity contribution in [2.45, 2.75) is 19.9 Å². The quantitative estimate of drug-likeness (QED) is 0.873. The monoisotopic (exact) mass is 351 g/mol. The van der Waals surface area contributed by atoms with E-state index in [1.807, 2.05) is 33.0 Å². The lowest BCUT2D eigenvalue weighted by Crippen LogP contribution is -2.21. The van der Waals surface area contributed by atoms with Gasteiger partial charge in [0.15, 0.2) is 0 Å². The van der Waals surface area contributed by atoms with E-state index >= 15 is 0 Å². The summed E-state index contributed by atoms with van der Waals surface area (Å²) in [6, 6.07) is 8.78. The van der Waals surface area contributed by atoms with Crippen molar-refractivity contribution in [3.05, 3.63) is 62.9 Å². The third kappa shape index (κ3) is 3.11. The van der Waals surface area contributed by atoms with Crippen molar-refractivity contribution < 1.29 is 9.13 Å². The second-order valence-electron chi connectivity index (χ2n) is 5.05. The minimum atomic E-state index is -0.281. The molecule has 0 heterocycles. The SMILES string of the molecule is CNC(c1c(F)cccc1Br)c1c(C)cc(C)cc1OC. The molecule has 1 unspecified atom stereocenters. The predicted octanol–water partition coefficient (Wildman–Crippen LogP) is 4.52. The fraction of sp³-hybridized carbons (Fsp3) is 0.294. The van der Waals surface area contributed by atoms with Gasteiger partial charge in [-0.15, -0.1) is 0 Å². The highest BCUT2D eigenvalue weighted by atomic mass is 79.9. The number of hydrogen-bond donors (Lipinski definition) is 1. The van der Waals surface area contributed by atoms with Gasteiger partial charge in [0, 0.05) is 15.6 Å². The molecule has 2 aromatic carbocycles. The zero-order valence-corrected chi connectivity index (χ0v) is 14.2. The van der Waals surface area contributed by atoms with Crippen LogP contribution in [0.5, 0.6) is 5.75 Å². The number of hydrogen-bond acceptors (Lipinski definition) is 2. The summed E-state index contributed by atoms with van der Waals surface area (Å²) in [6.07, 6.45) is 0. The molecule has 112 valence electrons. The minimum Gasteiger partial charge on any atom is -0.496 e.